The first-order valence-electron chi connectivity index (χ1n) is 8.96. The maximum Gasteiger partial charge on any atom is 0.266 e. The van der Waals surface area contributed by atoms with Crippen LogP contribution in [0.1, 0.15) is 37.1 Å². The monoisotopic (exact) mass is 327 g/mol. The van der Waals surface area contributed by atoms with Gasteiger partial charge in [-0.1, -0.05) is 12.8 Å². The molecule has 0 unspecified atom stereocenters. The number of aromatic nitrogens is 4. The third-order valence-electron chi connectivity index (χ3n) is 5.34. The van der Waals surface area contributed by atoms with Crippen molar-refractivity contribution in [1.82, 2.24) is 24.5 Å². The van der Waals surface area contributed by atoms with E-state index in [1.54, 1.807) is 21.5 Å². The van der Waals surface area contributed by atoms with Gasteiger partial charge in [-0.15, -0.1) is 5.10 Å². The number of rotatable bonds is 4. The highest BCUT2D eigenvalue weighted by atomic mass is 16.1. The van der Waals surface area contributed by atoms with Crippen LogP contribution in [0.15, 0.2) is 23.0 Å². The first-order chi connectivity index (χ1) is 11.6. The molecule has 1 aliphatic carbocycles. The summed E-state index contributed by atoms with van der Waals surface area (Å²) >= 11 is 0. The van der Waals surface area contributed by atoms with Crippen molar-refractivity contribution in [3.8, 4) is 5.82 Å². The van der Waals surface area contributed by atoms with E-state index in [0.29, 0.717) is 18.3 Å². The van der Waals surface area contributed by atoms with Gasteiger partial charge in [0.1, 0.15) is 0 Å². The number of hydrogen-bond acceptors (Lipinski definition) is 4. The molecule has 128 valence electrons. The lowest BCUT2D eigenvalue weighted by Gasteiger charge is -2.43. The molecule has 0 bridgehead atoms. The molecule has 0 aromatic carbocycles. The van der Waals surface area contributed by atoms with E-state index >= 15 is 0 Å². The summed E-state index contributed by atoms with van der Waals surface area (Å²) in [6.45, 7) is 6.87. The molecule has 6 heteroatoms. The summed E-state index contributed by atoms with van der Waals surface area (Å²) in [6.07, 6.45) is 5.44. The van der Waals surface area contributed by atoms with E-state index in [4.69, 9.17) is 0 Å². The SMILES string of the molecule is Cc1cc(C)n(-c2ccc(=O)n(CC3CN(C4CCCC4)C3)n2)n1. The predicted octanol–water partition coefficient (Wildman–Crippen LogP) is 1.92. The molecule has 4 rings (SSSR count). The zero-order chi connectivity index (χ0) is 16.7. The summed E-state index contributed by atoms with van der Waals surface area (Å²) < 4.78 is 3.42. The van der Waals surface area contributed by atoms with Crippen molar-refractivity contribution in [2.45, 2.75) is 52.1 Å². The van der Waals surface area contributed by atoms with Gasteiger partial charge in [-0.25, -0.2) is 9.36 Å². The second-order valence-electron chi connectivity index (χ2n) is 7.31. The molecule has 24 heavy (non-hydrogen) atoms. The summed E-state index contributed by atoms with van der Waals surface area (Å²) in [4.78, 5) is 14.7. The molecule has 0 radical (unpaired) electrons. The average molecular weight is 327 g/mol. The normalized spacial score (nSPS) is 19.8. The van der Waals surface area contributed by atoms with Gasteiger partial charge in [0.2, 0.25) is 0 Å². The van der Waals surface area contributed by atoms with E-state index < -0.39 is 0 Å². The summed E-state index contributed by atoms with van der Waals surface area (Å²) in [5.74, 6) is 1.25. The zero-order valence-corrected chi connectivity index (χ0v) is 14.5. The molecule has 2 aliphatic rings. The Morgan fingerprint density at radius 3 is 2.54 bits per heavy atom. The lowest BCUT2D eigenvalue weighted by molar-refractivity contribution is 0.0430. The average Bonchev–Trinajstić information content (AvgIpc) is 3.14. The smallest absolute Gasteiger partial charge is 0.266 e. The lowest BCUT2D eigenvalue weighted by atomic mass is 9.97. The number of hydrogen-bond donors (Lipinski definition) is 0. The first kappa shape index (κ1) is 15.6. The second kappa shape index (κ2) is 6.16. The molecule has 2 fully saturated rings. The van der Waals surface area contributed by atoms with Crippen LogP contribution >= 0.6 is 0 Å². The minimum absolute atomic E-state index is 0.0282. The Morgan fingerprint density at radius 1 is 1.12 bits per heavy atom. The van der Waals surface area contributed by atoms with Crippen molar-refractivity contribution in [2.75, 3.05) is 13.1 Å². The van der Waals surface area contributed by atoms with Crippen molar-refractivity contribution in [3.05, 3.63) is 39.9 Å². The molecule has 6 nitrogen and oxygen atoms in total. The third kappa shape index (κ3) is 2.90. The molecule has 1 saturated carbocycles. The molecule has 2 aromatic heterocycles. The maximum absolute atomic E-state index is 12.2. The second-order valence-corrected chi connectivity index (χ2v) is 7.31. The van der Waals surface area contributed by atoms with Gasteiger partial charge in [0.15, 0.2) is 5.82 Å². The fourth-order valence-electron chi connectivity index (χ4n) is 4.08. The highest BCUT2D eigenvalue weighted by molar-refractivity contribution is 5.23. The highest BCUT2D eigenvalue weighted by Gasteiger charge is 2.33. The van der Waals surface area contributed by atoms with E-state index in [2.05, 4.69) is 15.1 Å². The third-order valence-corrected chi connectivity index (χ3v) is 5.34. The van der Waals surface area contributed by atoms with E-state index in [9.17, 15) is 4.79 Å². The molecular weight excluding hydrogens is 302 g/mol. The van der Waals surface area contributed by atoms with Crippen LogP contribution in [0, 0.1) is 19.8 Å². The topological polar surface area (TPSA) is 56.0 Å². The molecule has 2 aromatic rings. The van der Waals surface area contributed by atoms with Gasteiger partial charge in [0, 0.05) is 36.8 Å². The minimum Gasteiger partial charge on any atom is -0.300 e. The maximum atomic E-state index is 12.2. The molecule has 0 atom stereocenters. The summed E-state index contributed by atoms with van der Waals surface area (Å²) in [7, 11) is 0. The van der Waals surface area contributed by atoms with Gasteiger partial charge in [-0.3, -0.25) is 9.69 Å². The van der Waals surface area contributed by atoms with Gasteiger partial charge < -0.3 is 0 Å². The Balaban J connectivity index is 1.47. The summed E-state index contributed by atoms with van der Waals surface area (Å²) in [6, 6.07) is 6.16. The minimum atomic E-state index is -0.0282. The first-order valence-corrected chi connectivity index (χ1v) is 8.96. The van der Waals surface area contributed by atoms with Crippen LogP contribution in [0.4, 0.5) is 0 Å². The Bertz CT molecular complexity index is 781. The Kier molecular flexibility index (Phi) is 4.00. The van der Waals surface area contributed by atoms with Crippen LogP contribution in [0.5, 0.6) is 0 Å². The summed E-state index contributed by atoms with van der Waals surface area (Å²) in [5.41, 5.74) is 1.96. The van der Waals surface area contributed by atoms with Crippen molar-refractivity contribution >= 4 is 0 Å². The fourth-order valence-corrected chi connectivity index (χ4v) is 4.08. The largest absolute Gasteiger partial charge is 0.300 e. The Morgan fingerprint density at radius 2 is 1.88 bits per heavy atom. The molecule has 0 N–H and O–H groups in total. The Hall–Kier alpha value is -1.95. The molecule has 3 heterocycles. The van der Waals surface area contributed by atoms with Gasteiger partial charge in [-0.05, 0) is 38.8 Å². The highest BCUT2D eigenvalue weighted by Crippen LogP contribution is 2.29. The van der Waals surface area contributed by atoms with Crippen LogP contribution in [0.2, 0.25) is 0 Å². The van der Waals surface area contributed by atoms with Crippen LogP contribution in [0.25, 0.3) is 5.82 Å². The number of aryl methyl sites for hydroxylation is 2. The van der Waals surface area contributed by atoms with Crippen LogP contribution in [-0.4, -0.2) is 43.6 Å². The molecule has 1 aliphatic heterocycles. The standard InChI is InChI=1S/C18H25N5O/c1-13-9-14(2)23(19-13)17-7-8-18(24)22(20-17)12-15-10-21(11-15)16-5-3-4-6-16/h7-9,15-16H,3-6,10-12H2,1-2H3. The van der Waals surface area contributed by atoms with Gasteiger partial charge in [-0.2, -0.15) is 5.10 Å². The van der Waals surface area contributed by atoms with Crippen LogP contribution < -0.4 is 5.56 Å². The van der Waals surface area contributed by atoms with E-state index in [1.165, 1.54) is 25.7 Å². The summed E-state index contributed by atoms with van der Waals surface area (Å²) in [5, 5.41) is 9.01. The predicted molar refractivity (Wildman–Crippen MR) is 92.4 cm³/mol. The van der Waals surface area contributed by atoms with Gasteiger partial charge in [0.25, 0.3) is 5.56 Å². The van der Waals surface area contributed by atoms with E-state index in [1.807, 2.05) is 19.9 Å². The van der Waals surface area contributed by atoms with Crippen molar-refractivity contribution in [2.24, 2.45) is 5.92 Å². The van der Waals surface area contributed by atoms with Crippen LogP contribution in [0.3, 0.4) is 0 Å². The molecular formula is C18H25N5O. The van der Waals surface area contributed by atoms with Crippen molar-refractivity contribution < 1.29 is 0 Å². The zero-order valence-electron chi connectivity index (χ0n) is 14.5. The quantitative estimate of drug-likeness (QED) is 0.861. The lowest BCUT2D eigenvalue weighted by Crippen LogP contribution is -2.53. The fraction of sp³-hybridized carbons (Fsp3) is 0.611. The van der Waals surface area contributed by atoms with E-state index in [-0.39, 0.29) is 5.56 Å². The van der Waals surface area contributed by atoms with Gasteiger partial charge in [0.05, 0.1) is 12.2 Å². The van der Waals surface area contributed by atoms with Crippen molar-refractivity contribution in [3.63, 3.8) is 0 Å². The Labute approximate surface area is 142 Å². The van der Waals surface area contributed by atoms with Gasteiger partial charge >= 0.3 is 0 Å². The number of nitrogens with zero attached hydrogens (tertiary/aromatic N) is 5. The van der Waals surface area contributed by atoms with Crippen molar-refractivity contribution in [1.29, 1.82) is 0 Å². The molecule has 0 spiro atoms. The molecule has 1 saturated heterocycles. The van der Waals surface area contributed by atoms with E-state index in [0.717, 1.165) is 30.5 Å². The number of likely N-dealkylation sites (tertiary alicyclic amines) is 1. The van der Waals surface area contributed by atoms with Crippen LogP contribution in [-0.2, 0) is 6.54 Å². The molecule has 0 amide bonds.